The van der Waals surface area contributed by atoms with Gasteiger partial charge < -0.3 is 9.80 Å². The lowest BCUT2D eigenvalue weighted by atomic mass is 10.1. The second kappa shape index (κ2) is 12.8. The van der Waals surface area contributed by atoms with Crippen molar-refractivity contribution in [1.82, 2.24) is 0 Å². The lowest BCUT2D eigenvalue weighted by Gasteiger charge is -2.26. The van der Waals surface area contributed by atoms with Crippen LogP contribution in [0, 0.1) is 6.92 Å². The van der Waals surface area contributed by atoms with Gasteiger partial charge in [-0.05, 0) is 107 Å². The maximum Gasteiger partial charge on any atom is 0.0468 e. The van der Waals surface area contributed by atoms with Crippen molar-refractivity contribution >= 4 is 57.0 Å². The monoisotopic (exact) mass is 578 g/mol. The maximum atomic E-state index is 2.31. The van der Waals surface area contributed by atoms with Crippen molar-refractivity contribution in [3.63, 3.8) is 0 Å². The molecule has 0 atom stereocenters. The number of nitrogens with zero attached hydrogens (tertiary/aromatic N) is 2. The Morgan fingerprint density at radius 1 is 0.333 bits per heavy atom. The predicted octanol–water partition coefficient (Wildman–Crippen LogP) is 12.3. The summed E-state index contributed by atoms with van der Waals surface area (Å²) in [5.41, 5.74) is 10.4. The zero-order valence-electron chi connectivity index (χ0n) is 25.3. The zero-order valence-corrected chi connectivity index (χ0v) is 25.3. The van der Waals surface area contributed by atoms with E-state index in [0.29, 0.717) is 0 Å². The average molecular weight is 579 g/mol. The highest BCUT2D eigenvalue weighted by atomic mass is 15.1. The van der Waals surface area contributed by atoms with Gasteiger partial charge in [0.2, 0.25) is 0 Å². The number of fused-ring (bicyclic) bond motifs is 1. The van der Waals surface area contributed by atoms with E-state index in [1.165, 1.54) is 16.3 Å². The zero-order chi connectivity index (χ0) is 30.4. The van der Waals surface area contributed by atoms with Gasteiger partial charge in [0.25, 0.3) is 0 Å². The van der Waals surface area contributed by atoms with Gasteiger partial charge in [0.15, 0.2) is 0 Å². The molecule has 0 fully saturated rings. The summed E-state index contributed by atoms with van der Waals surface area (Å²) in [6, 6.07) is 62.4. The number of hydrogen-bond acceptors (Lipinski definition) is 2. The number of rotatable bonds is 8. The molecule has 0 N–H and O–H groups in total. The van der Waals surface area contributed by atoms with Gasteiger partial charge in [-0.25, -0.2) is 0 Å². The van der Waals surface area contributed by atoms with Crippen molar-refractivity contribution in [2.45, 2.75) is 6.92 Å². The third-order valence-electron chi connectivity index (χ3n) is 8.05. The van der Waals surface area contributed by atoms with Crippen LogP contribution in [-0.2, 0) is 0 Å². The Labute approximate surface area is 265 Å². The molecule has 45 heavy (non-hydrogen) atoms. The van der Waals surface area contributed by atoms with Gasteiger partial charge >= 0.3 is 0 Å². The fourth-order valence-electron chi connectivity index (χ4n) is 5.79. The van der Waals surface area contributed by atoms with Gasteiger partial charge in [-0.2, -0.15) is 0 Å². The molecule has 7 rings (SSSR count). The van der Waals surface area contributed by atoms with Gasteiger partial charge in [-0.3, -0.25) is 0 Å². The fraction of sp³-hybridized carbons (Fsp3) is 0.0233. The van der Waals surface area contributed by atoms with Crippen LogP contribution in [0.4, 0.5) is 34.1 Å². The lowest BCUT2D eigenvalue weighted by molar-refractivity contribution is 1.27. The molecule has 0 aromatic heterocycles. The Hall–Kier alpha value is -5.86. The number of hydrogen-bond donors (Lipinski definition) is 0. The molecule has 0 bridgehead atoms. The Morgan fingerprint density at radius 2 is 0.756 bits per heavy atom. The highest BCUT2D eigenvalue weighted by molar-refractivity contribution is 5.89. The first-order valence-electron chi connectivity index (χ1n) is 15.4. The third-order valence-corrected chi connectivity index (χ3v) is 8.05. The van der Waals surface area contributed by atoms with E-state index in [-0.39, 0.29) is 0 Å². The van der Waals surface area contributed by atoms with Crippen LogP contribution in [0.15, 0.2) is 176 Å². The number of para-hydroxylation sites is 2. The second-order valence-corrected chi connectivity index (χ2v) is 11.2. The minimum absolute atomic E-state index is 1.12. The summed E-state index contributed by atoms with van der Waals surface area (Å²) in [6.07, 6.45) is 4.35. The van der Waals surface area contributed by atoms with Crippen molar-refractivity contribution in [2.75, 3.05) is 9.80 Å². The van der Waals surface area contributed by atoms with E-state index < -0.39 is 0 Å². The maximum absolute atomic E-state index is 2.31. The van der Waals surface area contributed by atoms with E-state index in [1.54, 1.807) is 0 Å². The second-order valence-electron chi connectivity index (χ2n) is 11.2. The van der Waals surface area contributed by atoms with E-state index in [9.17, 15) is 0 Å². The summed E-state index contributed by atoms with van der Waals surface area (Å²) >= 11 is 0. The summed E-state index contributed by atoms with van der Waals surface area (Å²) < 4.78 is 0. The first-order chi connectivity index (χ1) is 22.2. The van der Waals surface area contributed by atoms with Crippen LogP contribution in [0.2, 0.25) is 0 Å². The third kappa shape index (κ3) is 6.27. The highest BCUT2D eigenvalue weighted by Crippen LogP contribution is 2.37. The number of aryl methyl sites for hydroxylation is 1. The number of anilines is 6. The van der Waals surface area contributed by atoms with Crippen molar-refractivity contribution in [1.29, 1.82) is 0 Å². The number of benzene rings is 7. The molecule has 0 aliphatic heterocycles. The van der Waals surface area contributed by atoms with Crippen LogP contribution >= 0.6 is 0 Å². The minimum atomic E-state index is 1.12. The highest BCUT2D eigenvalue weighted by Gasteiger charge is 2.14. The van der Waals surface area contributed by atoms with E-state index in [2.05, 4.69) is 205 Å². The van der Waals surface area contributed by atoms with Gasteiger partial charge in [-0.1, -0.05) is 115 Å². The van der Waals surface area contributed by atoms with E-state index in [1.807, 2.05) is 0 Å². The van der Waals surface area contributed by atoms with E-state index >= 15 is 0 Å². The molecule has 7 aromatic rings. The molecule has 0 saturated carbocycles. The molecule has 0 saturated heterocycles. The summed E-state index contributed by atoms with van der Waals surface area (Å²) in [5, 5.41) is 2.47. The summed E-state index contributed by atoms with van der Waals surface area (Å²) in [6.45, 7) is 2.13. The van der Waals surface area contributed by atoms with Gasteiger partial charge in [0.1, 0.15) is 0 Å². The Kier molecular flexibility index (Phi) is 7.94. The van der Waals surface area contributed by atoms with Crippen LogP contribution in [0.3, 0.4) is 0 Å². The molecular formula is C43H34N2. The van der Waals surface area contributed by atoms with Crippen molar-refractivity contribution in [2.24, 2.45) is 0 Å². The Morgan fingerprint density at radius 3 is 1.29 bits per heavy atom. The van der Waals surface area contributed by atoms with E-state index in [0.717, 1.165) is 45.3 Å². The van der Waals surface area contributed by atoms with Gasteiger partial charge in [0, 0.05) is 34.1 Å². The molecule has 0 aliphatic carbocycles. The topological polar surface area (TPSA) is 6.48 Å². The van der Waals surface area contributed by atoms with Crippen molar-refractivity contribution in [3.8, 4) is 0 Å². The molecule has 0 amide bonds. The molecule has 7 aromatic carbocycles. The molecule has 0 spiro atoms. The summed E-state index contributed by atoms with van der Waals surface area (Å²) in [4.78, 5) is 4.61. The molecular weight excluding hydrogens is 544 g/mol. The van der Waals surface area contributed by atoms with Crippen LogP contribution in [0.1, 0.15) is 16.7 Å². The van der Waals surface area contributed by atoms with E-state index in [4.69, 9.17) is 0 Å². The Bertz CT molecular complexity index is 2040. The first kappa shape index (κ1) is 27.9. The normalized spacial score (nSPS) is 11.1. The largest absolute Gasteiger partial charge is 0.310 e. The van der Waals surface area contributed by atoms with Crippen molar-refractivity contribution < 1.29 is 0 Å². The van der Waals surface area contributed by atoms with Crippen LogP contribution in [0.5, 0.6) is 0 Å². The van der Waals surface area contributed by atoms with Crippen LogP contribution in [-0.4, -0.2) is 0 Å². The fourth-order valence-corrected chi connectivity index (χ4v) is 5.79. The van der Waals surface area contributed by atoms with Crippen LogP contribution in [0.25, 0.3) is 22.9 Å². The average Bonchev–Trinajstić information content (AvgIpc) is 3.10. The van der Waals surface area contributed by atoms with Crippen LogP contribution < -0.4 is 9.80 Å². The van der Waals surface area contributed by atoms with Gasteiger partial charge in [0.05, 0.1) is 0 Å². The van der Waals surface area contributed by atoms with Crippen molar-refractivity contribution in [3.05, 3.63) is 193 Å². The molecule has 2 heteroatoms. The molecule has 0 aliphatic rings. The molecule has 0 radical (unpaired) electrons. The SMILES string of the molecule is Cc1cccc(N(c2ccccc2)c2ccc(/C=C/c3ccc(N(c4ccccc4)c4ccc5ccccc5c4)cc3)cc2)c1. The minimum Gasteiger partial charge on any atom is -0.310 e. The molecule has 0 heterocycles. The predicted molar refractivity (Wildman–Crippen MR) is 193 cm³/mol. The Balaban J connectivity index is 1.14. The lowest BCUT2D eigenvalue weighted by Crippen LogP contribution is -2.09. The first-order valence-corrected chi connectivity index (χ1v) is 15.4. The van der Waals surface area contributed by atoms with Gasteiger partial charge in [-0.15, -0.1) is 0 Å². The summed E-state index contributed by atoms with van der Waals surface area (Å²) in [7, 11) is 0. The molecule has 0 unspecified atom stereocenters. The molecule has 216 valence electrons. The summed E-state index contributed by atoms with van der Waals surface area (Å²) in [5.74, 6) is 0. The standard InChI is InChI=1S/C43H34N2/c1-33-11-10-18-42(31-33)44(38-14-4-2-5-15-38)40-26-21-34(22-27-40)19-20-35-23-28-41(29-24-35)45(39-16-6-3-7-17-39)43-30-25-36-12-8-9-13-37(36)32-43/h2-32H,1H3/b20-19+. The molecule has 2 nitrogen and oxygen atoms in total. The smallest absolute Gasteiger partial charge is 0.0468 e. The quantitative estimate of drug-likeness (QED) is 0.166.